The van der Waals surface area contributed by atoms with E-state index in [-0.39, 0.29) is 17.0 Å². The third-order valence-corrected chi connectivity index (χ3v) is 12.4. The second-order valence-electron chi connectivity index (χ2n) is 15.8. The molecule has 4 heteroatoms. The van der Waals surface area contributed by atoms with Gasteiger partial charge < -0.3 is 9.47 Å². The topological polar surface area (TPSA) is 18.5 Å². The van der Waals surface area contributed by atoms with Gasteiger partial charge in [0.1, 0.15) is 23.1 Å². The first-order valence-corrected chi connectivity index (χ1v) is 18.1. The van der Waals surface area contributed by atoms with Crippen LogP contribution >= 0.6 is 0 Å². The van der Waals surface area contributed by atoms with Crippen LogP contribution in [0.3, 0.4) is 0 Å². The van der Waals surface area contributed by atoms with Gasteiger partial charge in [-0.3, -0.25) is 0 Å². The Balaban J connectivity index is 1.23. The number of fused-ring (bicyclic) bond motifs is 12. The van der Waals surface area contributed by atoms with Crippen molar-refractivity contribution in [3.05, 3.63) is 165 Å². The lowest BCUT2D eigenvalue weighted by molar-refractivity contribution is 0.154. The molecule has 2 nitrogen and oxygen atoms in total. The van der Waals surface area contributed by atoms with Crippen LogP contribution in [0.1, 0.15) is 73.9 Å². The zero-order valence-electron chi connectivity index (χ0n) is 30.0. The van der Waals surface area contributed by atoms with Crippen molar-refractivity contribution >= 4 is 33.2 Å². The van der Waals surface area contributed by atoms with Crippen molar-refractivity contribution in [2.45, 2.75) is 57.0 Å². The predicted octanol–water partition coefficient (Wildman–Crippen LogP) is 12.4. The van der Waals surface area contributed by atoms with E-state index in [1.807, 2.05) is 24.3 Å². The number of methoxy groups -OCH3 is 1. The molecular weight excluding hydrogens is 647 g/mol. The van der Waals surface area contributed by atoms with Gasteiger partial charge in [-0.25, -0.2) is 8.78 Å². The first kappa shape index (κ1) is 31.3. The number of halogens is 2. The Kier molecular flexibility index (Phi) is 6.34. The van der Waals surface area contributed by atoms with Crippen LogP contribution < -0.4 is 9.47 Å². The minimum absolute atomic E-state index is 0.209. The third-order valence-electron chi connectivity index (χ3n) is 12.4. The van der Waals surface area contributed by atoms with Crippen LogP contribution in [-0.4, -0.2) is 7.11 Å². The standard InChI is InChI=1S/C48H38F2O2/c1-46(2)39-21-10-27-8-6-7-9-33(27)42(39)35-18-13-29(24-40(35)46)48(28-11-16-32(51-5)17-12-28)23-22-37-44-43(34-19-14-30(49)25-38(34)45(37)52-48)36-20-15-31(50)26-41(36)47(44,3)4/h6-12,14-17,19-26H,13,18H2,1-5H3. The molecule has 52 heavy (non-hydrogen) atoms. The summed E-state index contributed by atoms with van der Waals surface area (Å²) in [6, 6.07) is 31.4. The van der Waals surface area contributed by atoms with Crippen LogP contribution in [0.2, 0.25) is 0 Å². The lowest BCUT2D eigenvalue weighted by atomic mass is 9.73. The van der Waals surface area contributed by atoms with Gasteiger partial charge in [-0.05, 0) is 122 Å². The number of rotatable bonds is 3. The Labute approximate surface area is 302 Å². The van der Waals surface area contributed by atoms with E-state index in [9.17, 15) is 4.39 Å². The summed E-state index contributed by atoms with van der Waals surface area (Å²) in [6.45, 7) is 8.95. The SMILES string of the molecule is COc1ccc(C2(C3=CC4=C(CC3)c3c(ccc5ccccc35)C4(C)C)C=Cc3c4c(c5ccc(F)cc5c3O2)-c2ccc(F)cc2C4(C)C)cc1. The Bertz CT molecular complexity index is 2650. The summed E-state index contributed by atoms with van der Waals surface area (Å²) in [5.74, 6) is 0.812. The van der Waals surface area contributed by atoms with E-state index in [0.717, 1.165) is 62.9 Å². The summed E-state index contributed by atoms with van der Waals surface area (Å²) in [4.78, 5) is 0. The second-order valence-corrected chi connectivity index (χ2v) is 15.8. The van der Waals surface area contributed by atoms with E-state index >= 15 is 4.39 Å². The average molecular weight is 685 g/mol. The first-order chi connectivity index (χ1) is 25.0. The van der Waals surface area contributed by atoms with Gasteiger partial charge in [0.15, 0.2) is 5.60 Å². The Morgan fingerprint density at radius 3 is 2.27 bits per heavy atom. The summed E-state index contributed by atoms with van der Waals surface area (Å²) in [7, 11) is 1.67. The molecule has 10 rings (SSSR count). The van der Waals surface area contributed by atoms with Crippen molar-refractivity contribution in [2.75, 3.05) is 7.11 Å². The van der Waals surface area contributed by atoms with Crippen LogP contribution in [-0.2, 0) is 16.4 Å². The molecule has 0 amide bonds. The molecule has 0 bridgehead atoms. The number of benzene rings is 6. The fourth-order valence-electron chi connectivity index (χ4n) is 9.88. The Hall–Kier alpha value is -5.48. The minimum Gasteiger partial charge on any atom is -0.497 e. The van der Waals surface area contributed by atoms with Crippen molar-refractivity contribution in [1.82, 2.24) is 0 Å². The van der Waals surface area contributed by atoms with Crippen molar-refractivity contribution in [2.24, 2.45) is 0 Å². The maximum Gasteiger partial charge on any atom is 0.174 e. The normalized spacial score (nSPS) is 20.2. The highest BCUT2D eigenvalue weighted by Gasteiger charge is 2.47. The lowest BCUT2D eigenvalue weighted by Crippen LogP contribution is -2.37. The third kappa shape index (κ3) is 4.04. The summed E-state index contributed by atoms with van der Waals surface area (Å²) in [5.41, 5.74) is 10.8. The van der Waals surface area contributed by atoms with E-state index in [1.165, 1.54) is 45.2 Å². The van der Waals surface area contributed by atoms with Crippen molar-refractivity contribution < 1.29 is 18.3 Å². The van der Waals surface area contributed by atoms with E-state index in [1.54, 1.807) is 19.2 Å². The maximum atomic E-state index is 15.3. The molecule has 256 valence electrons. The summed E-state index contributed by atoms with van der Waals surface area (Å²) < 4.78 is 43.2. The molecule has 0 spiro atoms. The van der Waals surface area contributed by atoms with Crippen molar-refractivity contribution in [3.8, 4) is 22.6 Å². The molecule has 1 atom stereocenters. The number of hydrogen-bond acceptors (Lipinski definition) is 2. The first-order valence-electron chi connectivity index (χ1n) is 18.1. The van der Waals surface area contributed by atoms with Gasteiger partial charge in [0.2, 0.25) is 0 Å². The van der Waals surface area contributed by atoms with Gasteiger partial charge in [-0.15, -0.1) is 0 Å². The maximum absolute atomic E-state index is 15.3. The molecule has 1 heterocycles. The average Bonchev–Trinajstić information content (AvgIpc) is 3.53. The van der Waals surface area contributed by atoms with Gasteiger partial charge in [-0.1, -0.05) is 101 Å². The van der Waals surface area contributed by atoms with E-state index in [0.29, 0.717) is 11.1 Å². The van der Waals surface area contributed by atoms with Gasteiger partial charge >= 0.3 is 0 Å². The minimum atomic E-state index is -0.972. The lowest BCUT2D eigenvalue weighted by Gasteiger charge is -2.41. The molecule has 0 radical (unpaired) electrons. The molecule has 0 saturated carbocycles. The fourth-order valence-corrected chi connectivity index (χ4v) is 9.88. The molecule has 1 aliphatic heterocycles. The van der Waals surface area contributed by atoms with Crippen molar-refractivity contribution in [1.29, 1.82) is 0 Å². The van der Waals surface area contributed by atoms with E-state index in [2.05, 4.69) is 94.5 Å². The quantitative estimate of drug-likeness (QED) is 0.185. The predicted molar refractivity (Wildman–Crippen MR) is 207 cm³/mol. The highest BCUT2D eigenvalue weighted by molar-refractivity contribution is 6.08. The van der Waals surface area contributed by atoms with Gasteiger partial charge in [0.25, 0.3) is 0 Å². The van der Waals surface area contributed by atoms with Crippen LogP contribution in [0.25, 0.3) is 44.3 Å². The summed E-state index contributed by atoms with van der Waals surface area (Å²) in [5, 5.41) is 4.16. The zero-order valence-corrected chi connectivity index (χ0v) is 30.0. The molecule has 0 N–H and O–H groups in total. The fraction of sp³-hybridized carbons (Fsp3) is 0.208. The van der Waals surface area contributed by atoms with Crippen LogP contribution in [0.5, 0.6) is 11.5 Å². The molecule has 1 unspecified atom stereocenters. The smallest absolute Gasteiger partial charge is 0.174 e. The van der Waals surface area contributed by atoms with Crippen molar-refractivity contribution in [3.63, 3.8) is 0 Å². The molecule has 0 saturated heterocycles. The monoisotopic (exact) mass is 684 g/mol. The molecule has 6 aromatic carbocycles. The highest BCUT2D eigenvalue weighted by Crippen LogP contribution is 2.60. The van der Waals surface area contributed by atoms with Crippen LogP contribution in [0.4, 0.5) is 8.78 Å². The zero-order chi connectivity index (χ0) is 35.7. The molecular formula is C48H38F2O2. The molecule has 4 aliphatic rings. The Morgan fingerprint density at radius 1 is 0.692 bits per heavy atom. The van der Waals surface area contributed by atoms with E-state index < -0.39 is 11.0 Å². The second kappa shape index (κ2) is 10.5. The number of hydrogen-bond donors (Lipinski definition) is 0. The van der Waals surface area contributed by atoms with Crippen LogP contribution in [0.15, 0.2) is 120 Å². The van der Waals surface area contributed by atoms with Crippen LogP contribution in [0, 0.1) is 11.6 Å². The molecule has 0 fully saturated rings. The molecule has 6 aromatic rings. The Morgan fingerprint density at radius 2 is 1.46 bits per heavy atom. The summed E-state index contributed by atoms with van der Waals surface area (Å²) >= 11 is 0. The van der Waals surface area contributed by atoms with Gasteiger partial charge in [-0.2, -0.15) is 0 Å². The summed E-state index contributed by atoms with van der Waals surface area (Å²) in [6.07, 6.45) is 8.44. The van der Waals surface area contributed by atoms with Gasteiger partial charge in [0, 0.05) is 27.3 Å². The number of allylic oxidation sites excluding steroid dienone is 3. The molecule has 3 aliphatic carbocycles. The van der Waals surface area contributed by atoms with Gasteiger partial charge in [0.05, 0.1) is 7.11 Å². The highest BCUT2D eigenvalue weighted by atomic mass is 19.1. The molecule has 0 aromatic heterocycles. The largest absolute Gasteiger partial charge is 0.497 e. The number of ether oxygens (including phenoxy) is 2. The van der Waals surface area contributed by atoms with E-state index in [4.69, 9.17) is 9.47 Å².